The maximum Gasteiger partial charge on any atom is 0.247 e. The molecule has 18 heavy (non-hydrogen) atoms. The fourth-order valence-electron chi connectivity index (χ4n) is 2.99. The van der Waals surface area contributed by atoms with Crippen LogP contribution in [-0.2, 0) is 4.79 Å². The van der Waals surface area contributed by atoms with E-state index in [4.69, 9.17) is 0 Å². The van der Waals surface area contributed by atoms with Crippen molar-refractivity contribution >= 4 is 17.4 Å². The summed E-state index contributed by atoms with van der Waals surface area (Å²) in [5.41, 5.74) is 1.86. The standard InChI is InChI=1S/C14H19N3O/c1-3-10-6-7-17-12(8-10)14(18)16-11-5-4-9(2)15-13(11)17/h4-5,10,12H,3,6-8H2,1-2H3,(H,16,18). The molecule has 1 N–H and O–H groups in total. The second-order valence-corrected chi connectivity index (χ2v) is 5.32. The Morgan fingerprint density at radius 1 is 1.50 bits per heavy atom. The summed E-state index contributed by atoms with van der Waals surface area (Å²) in [6.45, 7) is 5.14. The van der Waals surface area contributed by atoms with Gasteiger partial charge in [0.25, 0.3) is 0 Å². The van der Waals surface area contributed by atoms with E-state index in [9.17, 15) is 4.79 Å². The summed E-state index contributed by atoms with van der Waals surface area (Å²) in [6, 6.07) is 3.88. The van der Waals surface area contributed by atoms with Gasteiger partial charge >= 0.3 is 0 Å². The Morgan fingerprint density at radius 2 is 2.33 bits per heavy atom. The van der Waals surface area contributed by atoms with Gasteiger partial charge in [0.05, 0.1) is 5.69 Å². The molecule has 2 aliphatic rings. The molecule has 3 rings (SSSR count). The molecule has 0 spiro atoms. The van der Waals surface area contributed by atoms with Crippen LogP contribution in [0.1, 0.15) is 31.9 Å². The molecule has 1 fully saturated rings. The lowest BCUT2D eigenvalue weighted by Gasteiger charge is -2.42. The van der Waals surface area contributed by atoms with Crippen molar-refractivity contribution in [1.82, 2.24) is 4.98 Å². The SMILES string of the molecule is CCC1CCN2c3nc(C)ccc3NC(=O)C2C1. The van der Waals surface area contributed by atoms with Crippen molar-refractivity contribution in [1.29, 1.82) is 0 Å². The van der Waals surface area contributed by atoms with E-state index in [0.717, 1.165) is 43.0 Å². The molecule has 0 radical (unpaired) electrons. The molecule has 0 bridgehead atoms. The quantitative estimate of drug-likeness (QED) is 0.826. The van der Waals surface area contributed by atoms with Crippen LogP contribution in [0.25, 0.3) is 0 Å². The average Bonchev–Trinajstić information content (AvgIpc) is 2.39. The van der Waals surface area contributed by atoms with E-state index in [1.165, 1.54) is 0 Å². The predicted molar refractivity (Wildman–Crippen MR) is 71.8 cm³/mol. The van der Waals surface area contributed by atoms with Crippen LogP contribution in [0.4, 0.5) is 11.5 Å². The van der Waals surface area contributed by atoms with Gasteiger partial charge in [-0.05, 0) is 37.8 Å². The lowest BCUT2D eigenvalue weighted by Crippen LogP contribution is -2.52. The van der Waals surface area contributed by atoms with E-state index in [1.807, 2.05) is 19.1 Å². The number of amides is 1. The van der Waals surface area contributed by atoms with Crippen molar-refractivity contribution in [3.05, 3.63) is 17.8 Å². The third-order valence-corrected chi connectivity index (χ3v) is 4.14. The summed E-state index contributed by atoms with van der Waals surface area (Å²) in [5, 5.41) is 2.99. The number of rotatable bonds is 1. The number of nitrogens with zero attached hydrogens (tertiary/aromatic N) is 2. The molecule has 2 atom stereocenters. The molecule has 1 aromatic heterocycles. The van der Waals surface area contributed by atoms with Gasteiger partial charge in [-0.15, -0.1) is 0 Å². The molecule has 2 aliphatic heterocycles. The summed E-state index contributed by atoms with van der Waals surface area (Å²) in [7, 11) is 0. The molecular formula is C14H19N3O. The Labute approximate surface area is 107 Å². The second-order valence-electron chi connectivity index (χ2n) is 5.32. The van der Waals surface area contributed by atoms with Crippen molar-refractivity contribution in [2.24, 2.45) is 5.92 Å². The van der Waals surface area contributed by atoms with Crippen molar-refractivity contribution in [2.75, 3.05) is 16.8 Å². The normalized spacial score (nSPS) is 26.3. The number of pyridine rings is 1. The highest BCUT2D eigenvalue weighted by atomic mass is 16.2. The van der Waals surface area contributed by atoms with Crippen molar-refractivity contribution < 1.29 is 4.79 Å². The van der Waals surface area contributed by atoms with Gasteiger partial charge in [0.15, 0.2) is 5.82 Å². The lowest BCUT2D eigenvalue weighted by atomic mass is 9.87. The number of fused-ring (bicyclic) bond motifs is 3. The zero-order chi connectivity index (χ0) is 12.7. The Hall–Kier alpha value is -1.58. The molecule has 0 saturated carbocycles. The molecule has 0 aromatic carbocycles. The number of aromatic nitrogens is 1. The van der Waals surface area contributed by atoms with Gasteiger partial charge in [0.1, 0.15) is 6.04 Å². The number of carbonyl (C=O) groups excluding carboxylic acids is 1. The van der Waals surface area contributed by atoms with Crippen molar-refractivity contribution in [3.63, 3.8) is 0 Å². The number of carbonyl (C=O) groups is 1. The van der Waals surface area contributed by atoms with E-state index >= 15 is 0 Å². The molecule has 1 amide bonds. The summed E-state index contributed by atoms with van der Waals surface area (Å²) in [6.07, 6.45) is 3.28. The highest BCUT2D eigenvalue weighted by molar-refractivity contribution is 6.02. The predicted octanol–water partition coefficient (Wildman–Crippen LogP) is 2.34. The highest BCUT2D eigenvalue weighted by Gasteiger charge is 2.38. The summed E-state index contributed by atoms with van der Waals surface area (Å²) >= 11 is 0. The molecule has 4 heteroatoms. The number of anilines is 2. The first-order chi connectivity index (χ1) is 8.69. The topological polar surface area (TPSA) is 45.2 Å². The Balaban J connectivity index is 1.97. The molecule has 1 saturated heterocycles. The zero-order valence-electron chi connectivity index (χ0n) is 10.9. The first kappa shape index (κ1) is 11.5. The number of hydrogen-bond donors (Lipinski definition) is 1. The number of nitrogens with one attached hydrogen (secondary N) is 1. The summed E-state index contributed by atoms with van der Waals surface area (Å²) in [4.78, 5) is 18.9. The van der Waals surface area contributed by atoms with Crippen molar-refractivity contribution in [3.8, 4) is 0 Å². The van der Waals surface area contributed by atoms with Crippen LogP contribution in [-0.4, -0.2) is 23.5 Å². The molecule has 4 nitrogen and oxygen atoms in total. The third kappa shape index (κ3) is 1.76. The maximum atomic E-state index is 12.2. The Kier molecular flexibility index (Phi) is 2.73. The van der Waals surface area contributed by atoms with Crippen LogP contribution >= 0.6 is 0 Å². The van der Waals surface area contributed by atoms with Gasteiger partial charge in [0.2, 0.25) is 5.91 Å². The van der Waals surface area contributed by atoms with Gasteiger partial charge in [-0.3, -0.25) is 4.79 Å². The van der Waals surface area contributed by atoms with Crippen LogP contribution in [0.3, 0.4) is 0 Å². The zero-order valence-corrected chi connectivity index (χ0v) is 10.9. The monoisotopic (exact) mass is 245 g/mol. The summed E-state index contributed by atoms with van der Waals surface area (Å²) < 4.78 is 0. The maximum absolute atomic E-state index is 12.2. The largest absolute Gasteiger partial charge is 0.343 e. The van der Waals surface area contributed by atoms with Crippen LogP contribution < -0.4 is 10.2 Å². The van der Waals surface area contributed by atoms with Gasteiger partial charge in [-0.25, -0.2) is 4.98 Å². The number of aryl methyl sites for hydroxylation is 1. The second kappa shape index (κ2) is 4.26. The molecule has 0 aliphatic carbocycles. The van der Waals surface area contributed by atoms with Gasteiger partial charge in [-0.1, -0.05) is 13.3 Å². The van der Waals surface area contributed by atoms with E-state index in [2.05, 4.69) is 22.1 Å². The number of piperidine rings is 1. The van der Waals surface area contributed by atoms with Crippen LogP contribution in [0.15, 0.2) is 12.1 Å². The minimum absolute atomic E-state index is 0.0227. The van der Waals surface area contributed by atoms with Gasteiger partial charge in [0, 0.05) is 12.2 Å². The van der Waals surface area contributed by atoms with Crippen LogP contribution in [0.5, 0.6) is 0 Å². The summed E-state index contributed by atoms with van der Waals surface area (Å²) in [5.74, 6) is 1.75. The number of hydrogen-bond acceptors (Lipinski definition) is 3. The Morgan fingerprint density at radius 3 is 3.11 bits per heavy atom. The first-order valence-electron chi connectivity index (χ1n) is 6.74. The molecular weight excluding hydrogens is 226 g/mol. The first-order valence-corrected chi connectivity index (χ1v) is 6.74. The van der Waals surface area contributed by atoms with E-state index < -0.39 is 0 Å². The smallest absolute Gasteiger partial charge is 0.247 e. The minimum Gasteiger partial charge on any atom is -0.343 e. The van der Waals surface area contributed by atoms with E-state index in [1.54, 1.807) is 0 Å². The average molecular weight is 245 g/mol. The van der Waals surface area contributed by atoms with Crippen LogP contribution in [0.2, 0.25) is 0 Å². The lowest BCUT2D eigenvalue weighted by molar-refractivity contribution is -0.118. The van der Waals surface area contributed by atoms with Crippen molar-refractivity contribution in [2.45, 2.75) is 39.2 Å². The van der Waals surface area contributed by atoms with Gasteiger partial charge in [-0.2, -0.15) is 0 Å². The van der Waals surface area contributed by atoms with Crippen LogP contribution in [0, 0.1) is 12.8 Å². The fraction of sp³-hybridized carbons (Fsp3) is 0.571. The Bertz CT molecular complexity index is 486. The highest BCUT2D eigenvalue weighted by Crippen LogP contribution is 2.36. The molecule has 3 heterocycles. The van der Waals surface area contributed by atoms with E-state index in [-0.39, 0.29) is 11.9 Å². The molecule has 2 unspecified atom stereocenters. The van der Waals surface area contributed by atoms with E-state index in [0.29, 0.717) is 5.92 Å². The third-order valence-electron chi connectivity index (χ3n) is 4.14. The minimum atomic E-state index is -0.0227. The molecule has 1 aromatic rings. The molecule has 96 valence electrons. The fourth-order valence-corrected chi connectivity index (χ4v) is 2.99. The van der Waals surface area contributed by atoms with Gasteiger partial charge < -0.3 is 10.2 Å².